The van der Waals surface area contributed by atoms with E-state index >= 15 is 0 Å². The highest BCUT2D eigenvalue weighted by atomic mass is 35.5. The largest absolute Gasteiger partial charge is 0.457 e. The van der Waals surface area contributed by atoms with Crippen molar-refractivity contribution in [2.45, 2.75) is 108 Å². The van der Waals surface area contributed by atoms with E-state index < -0.39 is 55.1 Å². The molecule has 1 aromatic heterocycles. The predicted octanol–water partition coefficient (Wildman–Crippen LogP) is 9.99. The maximum atomic E-state index is 14.4. The summed E-state index contributed by atoms with van der Waals surface area (Å²) in [5, 5.41) is 10.3. The summed E-state index contributed by atoms with van der Waals surface area (Å²) < 4.78 is 70.8. The van der Waals surface area contributed by atoms with Gasteiger partial charge in [-0.05, 0) is 144 Å². The highest BCUT2D eigenvalue weighted by Crippen LogP contribution is 2.41. The first-order valence-electron chi connectivity index (χ1n) is 26.1. The zero-order valence-electron chi connectivity index (χ0n) is 44.6. The van der Waals surface area contributed by atoms with E-state index in [-0.39, 0.29) is 56.1 Å². The lowest BCUT2D eigenvalue weighted by molar-refractivity contribution is -0.172. The third-order valence-corrected chi connectivity index (χ3v) is 15.3. The topological polar surface area (TPSA) is 133 Å². The van der Waals surface area contributed by atoms with Crippen molar-refractivity contribution >= 4 is 40.9 Å². The first-order valence-corrected chi connectivity index (χ1v) is 26.9. The summed E-state index contributed by atoms with van der Waals surface area (Å²) in [6.45, 7) is 0.543. The molecule has 4 aromatic carbocycles. The van der Waals surface area contributed by atoms with Crippen molar-refractivity contribution in [3.8, 4) is 22.8 Å². The number of carbonyl (C=O) groups excluding carboxylic acids is 3. The Morgan fingerprint density at radius 3 is 2.23 bits per heavy atom. The number of rotatable bonds is 25. The van der Waals surface area contributed by atoms with Gasteiger partial charge in [0.25, 0.3) is 0 Å². The minimum absolute atomic E-state index is 0.0375. The number of aryl methyl sites for hydroxylation is 1. The van der Waals surface area contributed by atoms with Gasteiger partial charge in [-0.25, -0.2) is 4.98 Å². The molecule has 1 aliphatic carbocycles. The fraction of sp³-hybridized carbons (Fsp3) is 0.466. The minimum atomic E-state index is -4.18. The third-order valence-electron chi connectivity index (χ3n) is 14.8. The van der Waals surface area contributed by atoms with Crippen molar-refractivity contribution in [2.75, 3.05) is 47.9 Å². The first kappa shape index (κ1) is 59.1. The van der Waals surface area contributed by atoms with Crippen LogP contribution in [0.1, 0.15) is 68.0 Å². The number of carbonyl (C=O) groups is 3. The minimum Gasteiger partial charge on any atom is -0.457 e. The normalized spacial score (nSPS) is 19.4. The molecule has 7 rings (SSSR count). The second kappa shape index (κ2) is 26.9. The van der Waals surface area contributed by atoms with Gasteiger partial charge < -0.3 is 39.8 Å². The van der Waals surface area contributed by atoms with Crippen LogP contribution < -0.4 is 20.7 Å². The molecule has 2 heterocycles. The monoisotopic (exact) mass is 1110 g/mol. The van der Waals surface area contributed by atoms with E-state index in [1.165, 1.54) is 17.6 Å². The second-order valence-corrected chi connectivity index (χ2v) is 21.6. The summed E-state index contributed by atoms with van der Waals surface area (Å²) in [7, 11) is 8.83. The molecular weight excluding hydrogens is 1040 g/mol. The number of nitrogens with one attached hydrogen (secondary N) is 3. The van der Waals surface area contributed by atoms with Crippen molar-refractivity contribution in [1.82, 2.24) is 40.2 Å². The van der Waals surface area contributed by atoms with Crippen LogP contribution in [0.2, 0.25) is 10.0 Å². The molecule has 0 bridgehead atoms. The SMILES string of the molecule is CO[C@@H](CC(=O)N(C)[C@@H](CCc1ccc(Cl)cc1)C(=O)NC1CC[CH]C(Cc2ccccc2)[C@H]1C)NC(=O)[C@H](CCCN1CC(F)(F)C(F)(F)C1)NCc1ccc(Cl)cc1Oc1ccc(-c2cnc(CN(C)C)n2C)cc1. The van der Waals surface area contributed by atoms with E-state index in [0.29, 0.717) is 46.5 Å². The van der Waals surface area contributed by atoms with Gasteiger partial charge in [0, 0.05) is 55.0 Å². The zero-order valence-corrected chi connectivity index (χ0v) is 46.1. The van der Waals surface area contributed by atoms with Gasteiger partial charge in [-0.3, -0.25) is 19.3 Å². The molecule has 5 aromatic rings. The van der Waals surface area contributed by atoms with Crippen LogP contribution in [0.4, 0.5) is 17.6 Å². The molecule has 1 saturated carbocycles. The maximum Gasteiger partial charge on any atom is 0.323 e. The molecule has 3 amide bonds. The molecule has 19 heteroatoms. The summed E-state index contributed by atoms with van der Waals surface area (Å²) in [4.78, 5) is 52.0. The average molecular weight is 1110 g/mol. The van der Waals surface area contributed by atoms with Crippen LogP contribution in [0.3, 0.4) is 0 Å². The lowest BCUT2D eigenvalue weighted by Crippen LogP contribution is -2.54. The maximum absolute atomic E-state index is 14.4. The summed E-state index contributed by atoms with van der Waals surface area (Å²) in [5.74, 6) is -7.51. The number of methoxy groups -OCH3 is 1. The number of hydrogen-bond donors (Lipinski definition) is 3. The van der Waals surface area contributed by atoms with Gasteiger partial charge in [0.15, 0.2) is 0 Å². The number of imidazole rings is 1. The van der Waals surface area contributed by atoms with Crippen LogP contribution in [0.15, 0.2) is 103 Å². The lowest BCUT2D eigenvalue weighted by Gasteiger charge is -2.38. The Labute approximate surface area is 460 Å². The molecule has 2 unspecified atom stereocenters. The Morgan fingerprint density at radius 2 is 1.56 bits per heavy atom. The van der Waals surface area contributed by atoms with E-state index in [9.17, 15) is 31.9 Å². The van der Waals surface area contributed by atoms with E-state index in [4.69, 9.17) is 32.7 Å². The number of likely N-dealkylation sites (tertiary alicyclic amines) is 1. The van der Waals surface area contributed by atoms with Gasteiger partial charge in [0.1, 0.15) is 29.6 Å². The second-order valence-electron chi connectivity index (χ2n) is 20.7. The van der Waals surface area contributed by atoms with Crippen LogP contribution in [0.25, 0.3) is 11.3 Å². The quantitative estimate of drug-likeness (QED) is 0.0386. The molecule has 2 fully saturated rings. The van der Waals surface area contributed by atoms with Crippen LogP contribution in [-0.4, -0.2) is 126 Å². The Hall–Kier alpha value is -5.56. The standard InChI is InChI=1S/C58H71Cl2F4N8O5/c1-38-42(30-40-12-8-7-9-13-40)14-10-15-47(38)67-56(75)49(28-19-39-17-23-44(59)24-18-39)71(5)54(73)32-53(76-6)68-55(74)48(16-11-29-72-36-57(61,62)58(63,64)37-72)65-33-43-20-25-45(60)31-51(43)77-46-26-21-41(22-27-46)50-34-66-52(70(50)4)35-69(2)3/h7-9,12-14,17-18,20-27,31,34,38,42,47-49,53,65H,10-11,15-16,19,28-30,32-33,35-37H2,1-6H3,(H,67,75)(H,68,74)/t38-,42?,47?,48+,49+,53+/m1/s1. The number of amides is 3. The van der Waals surface area contributed by atoms with E-state index in [2.05, 4.69) is 46.4 Å². The van der Waals surface area contributed by atoms with Crippen LogP contribution >= 0.6 is 23.2 Å². The van der Waals surface area contributed by atoms with Gasteiger partial charge in [0.05, 0.1) is 44.0 Å². The van der Waals surface area contributed by atoms with E-state index in [1.807, 2.05) is 91.4 Å². The summed E-state index contributed by atoms with van der Waals surface area (Å²) in [6, 6.07) is 28.1. The molecule has 13 nitrogen and oxygen atoms in total. The van der Waals surface area contributed by atoms with Crippen LogP contribution in [0, 0.1) is 18.3 Å². The Bertz CT molecular complexity index is 2720. The molecule has 0 spiro atoms. The van der Waals surface area contributed by atoms with Gasteiger partial charge >= 0.3 is 11.8 Å². The molecule has 3 N–H and O–H groups in total. The lowest BCUT2D eigenvalue weighted by atomic mass is 9.74. The van der Waals surface area contributed by atoms with Gasteiger partial charge in [-0.15, -0.1) is 0 Å². The highest BCUT2D eigenvalue weighted by Gasteiger charge is 2.62. The van der Waals surface area contributed by atoms with Crippen molar-refractivity contribution in [1.29, 1.82) is 0 Å². The molecule has 1 aliphatic heterocycles. The number of ether oxygens (including phenoxy) is 2. The molecule has 77 heavy (non-hydrogen) atoms. The fourth-order valence-electron chi connectivity index (χ4n) is 10.1. The van der Waals surface area contributed by atoms with E-state index in [1.54, 1.807) is 37.4 Å². The Morgan fingerprint density at radius 1 is 0.870 bits per heavy atom. The fourth-order valence-corrected chi connectivity index (χ4v) is 10.4. The highest BCUT2D eigenvalue weighted by molar-refractivity contribution is 6.31. The number of hydrogen-bond acceptors (Lipinski definition) is 9. The Kier molecular flexibility index (Phi) is 20.6. The summed E-state index contributed by atoms with van der Waals surface area (Å²) in [6.07, 6.45) is 6.00. The Balaban J connectivity index is 1.04. The summed E-state index contributed by atoms with van der Waals surface area (Å²) in [5.41, 5.74) is 4.63. The predicted molar refractivity (Wildman–Crippen MR) is 292 cm³/mol. The molecule has 1 saturated heterocycles. The van der Waals surface area contributed by atoms with Gasteiger partial charge in [0.2, 0.25) is 17.7 Å². The molecule has 2 aliphatic rings. The van der Waals surface area contributed by atoms with Crippen molar-refractivity contribution in [3.63, 3.8) is 0 Å². The number of aromatic nitrogens is 2. The smallest absolute Gasteiger partial charge is 0.323 e. The van der Waals surface area contributed by atoms with Crippen molar-refractivity contribution in [3.05, 3.63) is 142 Å². The third kappa shape index (κ3) is 16.0. The van der Waals surface area contributed by atoms with Gasteiger partial charge in [-0.1, -0.05) is 78.7 Å². The summed E-state index contributed by atoms with van der Waals surface area (Å²) >= 11 is 12.6. The van der Waals surface area contributed by atoms with Crippen molar-refractivity contribution in [2.24, 2.45) is 18.9 Å². The molecule has 415 valence electrons. The average Bonchev–Trinajstić information content (AvgIpc) is 3.86. The number of alkyl halides is 4. The molecule has 6 atom stereocenters. The van der Waals surface area contributed by atoms with E-state index in [0.717, 1.165) is 46.8 Å². The van der Waals surface area contributed by atoms with Gasteiger partial charge in [-0.2, -0.15) is 17.6 Å². The number of nitrogens with zero attached hydrogens (tertiary/aromatic N) is 5. The number of benzene rings is 4. The number of likely N-dealkylation sites (N-methyl/N-ethyl adjacent to an activating group) is 1. The van der Waals surface area contributed by atoms with Crippen molar-refractivity contribution < 1.29 is 41.4 Å². The van der Waals surface area contributed by atoms with Crippen LogP contribution in [0.5, 0.6) is 11.5 Å². The molecular formula is C58H71Cl2F4N8O5. The molecule has 1 radical (unpaired) electrons. The first-order chi connectivity index (χ1) is 36.7. The number of halogens is 6. The zero-order chi connectivity index (χ0) is 55.4. The van der Waals surface area contributed by atoms with Crippen LogP contribution in [-0.2, 0) is 52.1 Å².